The number of fused-ring (bicyclic) bond motifs is 2. The monoisotopic (exact) mass is 1960 g/mol. The number of hydrogen-bond acceptors (Lipinski definition) is 29. The SMILES string of the molecule is CCc1ccc(N(N)CCN)cc1.CCc1ccc(N2CCN(S(=O)(=O)C(F)(F)F)C(OC)=N2)cc1.CCc1ccc(N2CCN=C(OC)N2)cc1.CCc1nc2ncc(Cl)cn2c1C(=O)CCc1ccc(N2CCN(S(=O)(=O)C(F)(F)F)C(OC)=N2)cc1.CCc1nc2ncc(Cl)cn2c1C(=O)O.COC1=NN(c2ccc(CN)cc2)CCN1S(=O)(=O)C(F)(F)F.Cl.Cl. The lowest BCUT2D eigenvalue weighted by Gasteiger charge is -2.32. The Hall–Kier alpha value is -11.2. The molecule has 0 aliphatic carbocycles. The van der Waals surface area contributed by atoms with Crippen LogP contribution in [0.5, 0.6) is 0 Å². The molecule has 0 atom stereocenters. The third-order valence-corrected chi connectivity index (χ3v) is 23.9. The van der Waals surface area contributed by atoms with Crippen LogP contribution < -0.4 is 47.8 Å². The van der Waals surface area contributed by atoms with Gasteiger partial charge >= 0.3 is 76.7 Å². The third-order valence-electron chi connectivity index (χ3n) is 19.0. The van der Waals surface area contributed by atoms with E-state index < -0.39 is 90.3 Å². The van der Waals surface area contributed by atoms with Gasteiger partial charge in [-0.05, 0) is 127 Å². The van der Waals surface area contributed by atoms with Crippen LogP contribution in [0.4, 0.5) is 68.0 Å². The molecule has 4 aliphatic heterocycles. The van der Waals surface area contributed by atoms with Gasteiger partial charge in [0, 0.05) is 38.4 Å². The van der Waals surface area contributed by atoms with Gasteiger partial charge in [-0.1, -0.05) is 118 Å². The maximum absolute atomic E-state index is 13.0. The molecule has 13 rings (SSSR count). The van der Waals surface area contributed by atoms with Crippen LogP contribution in [0, 0.1) is 0 Å². The number of amidine groups is 4. The lowest BCUT2D eigenvalue weighted by atomic mass is 10.0. The molecule has 9 aromatic rings. The highest BCUT2D eigenvalue weighted by atomic mass is 35.5. The Morgan fingerprint density at radius 1 is 0.488 bits per heavy atom. The number of sulfonamides is 3. The Labute approximate surface area is 760 Å². The van der Waals surface area contributed by atoms with Crippen molar-refractivity contribution < 1.29 is 98.4 Å². The van der Waals surface area contributed by atoms with Gasteiger partial charge in [0.05, 0.1) is 143 Å². The minimum Gasteiger partial charge on any atom is -0.477 e. The number of alkyl halides is 9. The van der Waals surface area contributed by atoms with Gasteiger partial charge in [-0.2, -0.15) is 64.8 Å². The number of carbonyl (C=O) groups excluding carboxylic acids is 1. The van der Waals surface area contributed by atoms with Crippen molar-refractivity contribution in [1.82, 2.24) is 47.1 Å². The van der Waals surface area contributed by atoms with Crippen LogP contribution in [0.3, 0.4) is 0 Å². The molecule has 0 saturated carbocycles. The number of rotatable bonds is 21. The molecule has 0 radical (unpaired) electrons. The highest BCUT2D eigenvalue weighted by Crippen LogP contribution is 2.34. The van der Waals surface area contributed by atoms with E-state index in [9.17, 15) is 74.4 Å². The van der Waals surface area contributed by atoms with Gasteiger partial charge in [-0.15, -0.1) is 40.1 Å². The van der Waals surface area contributed by atoms with Gasteiger partial charge in [-0.3, -0.25) is 39.1 Å². The standard InChI is InChI=1S/C22H22ClF3N6O4S.C13H16F3N3O3S.C12H15F3N4O3S.C12H17N3O.C10H17N3.C9H8ClN3O2.2ClH/c1-3-17-19(30-13-15(23)12-27-20(30)28-17)18(33)9-6-14-4-7-16(8-5-14)31-10-11-32(21(29-31)36-2)37(34,35)22(24,25)26;1-3-10-4-6-11(7-5-10)18-8-9-19(12(17-18)22-2)23(20,21)13(14,15)16;1-22-11-17-18(10-4-2-9(8-16)3-5-10)6-7-19(11)23(20,21)12(13,14)15;1-3-10-4-6-11(7-5-10)15-9-8-13-12(14-15)16-2;1-2-9-3-5-10(6-4-9)13(12)8-7-11;1-2-6-7(8(14)15)13-4-5(10)3-11-9(13)12-6;;/h4-5,7-8,12-13H,3,6,9-11H2,1-2H3;4-7H,3,8-9H2,1-2H3;2-5H,6-8,16H2,1H3;4-7H,3,8-9H2,1-2H3,(H,13,14);3-6H,2,7-8,11-12H2,1H3;3-4H,2H2,1H3,(H,14,15);2*1H. The second-order valence-electron chi connectivity index (χ2n) is 27.1. The quantitative estimate of drug-likeness (QED) is 0.0193. The smallest absolute Gasteiger partial charge is 0.477 e. The molecule has 0 amide bonds. The lowest BCUT2D eigenvalue weighted by molar-refractivity contribution is -0.0482. The molecule has 4 aliphatic rings. The molecule has 51 heteroatoms. The average molecular weight is 1960 g/mol. The molecule has 35 nitrogen and oxygen atoms in total. The molecular weight excluding hydrogens is 1860 g/mol. The number of benzene rings is 5. The molecule has 8 N–H and O–H groups in total. The number of carboxylic acid groups (broad SMARTS) is 1. The number of nitrogens with one attached hydrogen (secondary N) is 1. The van der Waals surface area contributed by atoms with Crippen LogP contribution in [0.2, 0.25) is 10.0 Å². The summed E-state index contributed by atoms with van der Waals surface area (Å²) >= 11 is 11.8. The van der Waals surface area contributed by atoms with E-state index in [1.165, 1.54) is 49.1 Å². The van der Waals surface area contributed by atoms with Crippen LogP contribution in [0.1, 0.15) is 101 Å². The van der Waals surface area contributed by atoms with Crippen LogP contribution >= 0.6 is 48.0 Å². The second kappa shape index (κ2) is 47.4. The van der Waals surface area contributed by atoms with E-state index in [1.54, 1.807) is 83.4 Å². The number of aliphatic imine (C=N–C) groups is 1. The van der Waals surface area contributed by atoms with Crippen molar-refractivity contribution in [3.05, 3.63) is 207 Å². The van der Waals surface area contributed by atoms with Crippen LogP contribution in [-0.2, 0) is 94.1 Å². The highest BCUT2D eigenvalue weighted by Gasteiger charge is 2.55. The molecule has 4 aromatic heterocycles. The van der Waals surface area contributed by atoms with E-state index in [2.05, 4.69) is 95.9 Å². The summed E-state index contributed by atoms with van der Waals surface area (Å²) in [4.78, 5) is 44.9. The first-order valence-electron chi connectivity index (χ1n) is 38.9. The first-order chi connectivity index (χ1) is 60.1. The van der Waals surface area contributed by atoms with Crippen molar-refractivity contribution >= 4 is 154 Å². The topological polar surface area (TPSA) is 420 Å². The maximum Gasteiger partial charge on any atom is 0.516 e. The van der Waals surface area contributed by atoms with Crippen molar-refractivity contribution in [2.75, 3.05) is 119 Å². The number of anilines is 5. The number of methoxy groups -OCH3 is 4. The average Bonchev–Trinajstić information content (AvgIpc) is 1.76. The number of hydrazone groups is 3. The van der Waals surface area contributed by atoms with E-state index >= 15 is 0 Å². The number of ketones is 1. The van der Waals surface area contributed by atoms with E-state index in [-0.39, 0.29) is 75.3 Å². The summed E-state index contributed by atoms with van der Waals surface area (Å²) in [6.07, 6.45) is 10.7. The Morgan fingerprint density at radius 2 is 0.837 bits per heavy atom. The fraction of sp³-hybridized carbons (Fsp3) is 0.385. The molecule has 0 saturated heterocycles. The van der Waals surface area contributed by atoms with Crippen molar-refractivity contribution in [3.63, 3.8) is 0 Å². The first kappa shape index (κ1) is 107. The van der Waals surface area contributed by atoms with Gasteiger partial charge in [-0.25, -0.2) is 48.5 Å². The summed E-state index contributed by atoms with van der Waals surface area (Å²) in [6, 6.07) is 36.4. The number of carbonyl (C=O) groups is 2. The zero-order valence-electron chi connectivity index (χ0n) is 70.9. The van der Waals surface area contributed by atoms with Gasteiger partial charge < -0.3 is 40.5 Å². The normalized spacial score (nSPS) is 14.2. The second-order valence-corrected chi connectivity index (χ2v) is 33.5. The molecule has 129 heavy (non-hydrogen) atoms. The van der Waals surface area contributed by atoms with Crippen molar-refractivity contribution in [2.24, 2.45) is 37.6 Å². The summed E-state index contributed by atoms with van der Waals surface area (Å²) in [5.41, 5.74) is 8.81. The molecule has 0 unspecified atom stereocenters. The van der Waals surface area contributed by atoms with Crippen LogP contribution in [0.15, 0.2) is 166 Å². The number of imidazole rings is 2. The maximum atomic E-state index is 13.0. The molecule has 0 fully saturated rings. The number of nitrogens with zero attached hydrogens (tertiary/aromatic N) is 18. The fourth-order valence-electron chi connectivity index (χ4n) is 12.2. The van der Waals surface area contributed by atoms with Gasteiger partial charge in [0.2, 0.25) is 11.6 Å². The third kappa shape index (κ3) is 27.0. The zero-order valence-corrected chi connectivity index (χ0v) is 76.5. The number of hydrazine groups is 2. The van der Waals surface area contributed by atoms with Crippen LogP contribution in [0.25, 0.3) is 11.6 Å². The number of carboxylic acids is 1. The highest BCUT2D eigenvalue weighted by molar-refractivity contribution is 7.91. The molecular formula is C78H97Cl4F9N22O13S3. The fourth-order valence-corrected chi connectivity index (χ4v) is 15.2. The number of aryl methyl sites for hydroxylation is 6. The van der Waals surface area contributed by atoms with Gasteiger partial charge in [0.25, 0.3) is 0 Å². The summed E-state index contributed by atoms with van der Waals surface area (Å²) < 4.78 is 207. The number of aromatic nitrogens is 6. The largest absolute Gasteiger partial charge is 0.516 e. The Kier molecular flexibility index (Phi) is 39.2. The number of halogens is 13. The van der Waals surface area contributed by atoms with Crippen molar-refractivity contribution in [1.29, 1.82) is 0 Å². The number of aromatic carboxylic acids is 1. The number of nitrogens with two attached hydrogens (primary N) is 3. The molecule has 706 valence electrons. The minimum absolute atomic E-state index is 0. The lowest BCUT2D eigenvalue weighted by Crippen LogP contribution is -2.51. The summed E-state index contributed by atoms with van der Waals surface area (Å²) in [5.74, 6) is 5.36. The number of ether oxygens (including phenoxy) is 4. The summed E-state index contributed by atoms with van der Waals surface area (Å²) in [5, 5.41) is 29.2. The molecule has 0 spiro atoms. The molecule has 0 bridgehead atoms. The van der Waals surface area contributed by atoms with Crippen molar-refractivity contribution in [3.8, 4) is 0 Å². The zero-order chi connectivity index (χ0) is 93.5. The molecule has 8 heterocycles. The van der Waals surface area contributed by atoms with E-state index in [0.29, 0.717) is 101 Å². The van der Waals surface area contributed by atoms with E-state index in [1.807, 2.05) is 50.0 Å². The van der Waals surface area contributed by atoms with E-state index in [4.69, 9.17) is 64.6 Å². The summed E-state index contributed by atoms with van der Waals surface area (Å²) in [7, 11) is -11.9. The first-order valence-corrected chi connectivity index (χ1v) is 44.0. The Bertz CT molecular complexity index is 5580. The van der Waals surface area contributed by atoms with Crippen molar-refractivity contribution in [2.45, 2.75) is 103 Å². The predicted octanol–water partition coefficient (Wildman–Crippen LogP) is 11.8. The van der Waals surface area contributed by atoms with Crippen LogP contribution in [-0.4, -0.2) is 218 Å². The Morgan fingerprint density at radius 3 is 1.17 bits per heavy atom. The minimum atomic E-state index is -5.63. The van der Waals surface area contributed by atoms with Gasteiger partial charge in [0.15, 0.2) is 11.5 Å². The number of Topliss-reactive ketones (excluding diaryl/α,β-unsaturated/α-hetero) is 1. The number of hydrogen-bond donors (Lipinski definition) is 5. The van der Waals surface area contributed by atoms with Gasteiger partial charge in [0.1, 0.15) is 5.69 Å². The predicted molar refractivity (Wildman–Crippen MR) is 478 cm³/mol. The summed E-state index contributed by atoms with van der Waals surface area (Å²) in [6.45, 7) is 11.7. The van der Waals surface area contributed by atoms with E-state index in [0.717, 1.165) is 81.7 Å². The molecule has 5 aromatic carbocycles. The Balaban J connectivity index is 0.000000247.